The molecule has 1 unspecified atom stereocenters. The highest BCUT2D eigenvalue weighted by atomic mass is 79.9. The summed E-state index contributed by atoms with van der Waals surface area (Å²) in [6.07, 6.45) is 0.531. The summed E-state index contributed by atoms with van der Waals surface area (Å²) in [5.74, 6) is -1.17. The van der Waals surface area contributed by atoms with Gasteiger partial charge in [0.1, 0.15) is 0 Å². The number of rotatable bonds is 5. The number of amides is 1. The molecule has 0 heterocycles. The molecule has 0 fully saturated rings. The second kappa shape index (κ2) is 6.88. The Morgan fingerprint density at radius 1 is 1.30 bits per heavy atom. The van der Waals surface area contributed by atoms with E-state index in [9.17, 15) is 9.59 Å². The summed E-state index contributed by atoms with van der Waals surface area (Å²) in [6.45, 7) is 6.06. The fourth-order valence-electron chi connectivity index (χ4n) is 2.03. The number of carbonyl (C=O) groups excluding carboxylic acids is 1. The maximum absolute atomic E-state index is 12.2. The van der Waals surface area contributed by atoms with E-state index in [4.69, 9.17) is 5.11 Å². The molecule has 0 aliphatic rings. The number of halogens is 1. The Hall–Kier alpha value is -1.36. The summed E-state index contributed by atoms with van der Waals surface area (Å²) in [7, 11) is 0. The molecule has 20 heavy (non-hydrogen) atoms. The largest absolute Gasteiger partial charge is 0.481 e. The number of aliphatic carboxylic acids is 1. The predicted octanol–water partition coefficient (Wildman–Crippen LogP) is 3.46. The lowest BCUT2D eigenvalue weighted by Gasteiger charge is -2.26. The first-order valence-electron chi connectivity index (χ1n) is 6.46. The van der Waals surface area contributed by atoms with Crippen molar-refractivity contribution in [3.63, 3.8) is 0 Å². The van der Waals surface area contributed by atoms with Gasteiger partial charge in [0.15, 0.2) is 0 Å². The maximum atomic E-state index is 12.2. The Balaban J connectivity index is 2.81. The number of hydrogen-bond acceptors (Lipinski definition) is 2. The fourth-order valence-corrected chi connectivity index (χ4v) is 2.50. The van der Waals surface area contributed by atoms with Crippen LogP contribution in [0.2, 0.25) is 0 Å². The minimum Gasteiger partial charge on any atom is -0.481 e. The standard InChI is InChI=1S/C15H20BrNO3/c1-15(2,3)9-10(8-13(18)19)17-14(20)11-6-4-5-7-12(11)16/h4-7,10H,8-9H2,1-3H3,(H,17,20)(H,18,19). The monoisotopic (exact) mass is 341 g/mol. The number of benzene rings is 1. The Morgan fingerprint density at radius 2 is 1.90 bits per heavy atom. The molecule has 0 spiro atoms. The molecule has 1 aromatic rings. The Kier molecular flexibility index (Phi) is 5.74. The average molecular weight is 342 g/mol. The van der Waals surface area contributed by atoms with Crippen LogP contribution in [0.1, 0.15) is 44.0 Å². The molecule has 0 aromatic heterocycles. The van der Waals surface area contributed by atoms with Crippen LogP contribution in [0.3, 0.4) is 0 Å². The molecule has 1 rings (SSSR count). The van der Waals surface area contributed by atoms with Crippen molar-refractivity contribution in [3.05, 3.63) is 34.3 Å². The zero-order valence-electron chi connectivity index (χ0n) is 11.9. The van der Waals surface area contributed by atoms with Crippen LogP contribution in [-0.4, -0.2) is 23.0 Å². The van der Waals surface area contributed by atoms with Gasteiger partial charge in [-0.2, -0.15) is 0 Å². The SMILES string of the molecule is CC(C)(C)CC(CC(=O)O)NC(=O)c1ccccc1Br. The number of nitrogens with one attached hydrogen (secondary N) is 1. The summed E-state index contributed by atoms with van der Waals surface area (Å²) in [4.78, 5) is 23.1. The molecule has 5 heteroatoms. The Labute approximate surface area is 127 Å². The van der Waals surface area contributed by atoms with Crippen molar-refractivity contribution >= 4 is 27.8 Å². The van der Waals surface area contributed by atoms with Crippen LogP contribution in [0, 0.1) is 5.41 Å². The van der Waals surface area contributed by atoms with E-state index in [1.165, 1.54) is 0 Å². The summed E-state index contributed by atoms with van der Waals surface area (Å²) in [5, 5.41) is 11.8. The molecular formula is C15H20BrNO3. The minimum atomic E-state index is -0.910. The van der Waals surface area contributed by atoms with E-state index in [-0.39, 0.29) is 23.8 Å². The predicted molar refractivity (Wildman–Crippen MR) is 81.7 cm³/mol. The van der Waals surface area contributed by atoms with Crippen LogP contribution >= 0.6 is 15.9 Å². The van der Waals surface area contributed by atoms with Crippen molar-refractivity contribution in [3.8, 4) is 0 Å². The molecule has 0 radical (unpaired) electrons. The lowest BCUT2D eigenvalue weighted by atomic mass is 9.87. The van der Waals surface area contributed by atoms with Gasteiger partial charge in [-0.1, -0.05) is 32.9 Å². The van der Waals surface area contributed by atoms with E-state index in [1.807, 2.05) is 26.8 Å². The second-order valence-corrected chi connectivity index (χ2v) is 6.87. The fraction of sp³-hybridized carbons (Fsp3) is 0.467. The van der Waals surface area contributed by atoms with Crippen LogP contribution in [0.4, 0.5) is 0 Å². The summed E-state index contributed by atoms with van der Waals surface area (Å²) >= 11 is 3.32. The Morgan fingerprint density at radius 3 is 2.40 bits per heavy atom. The molecule has 1 aromatic carbocycles. The first-order valence-corrected chi connectivity index (χ1v) is 7.25. The number of carboxylic acids is 1. The molecular weight excluding hydrogens is 322 g/mol. The van der Waals surface area contributed by atoms with E-state index in [0.29, 0.717) is 16.5 Å². The van der Waals surface area contributed by atoms with Crippen molar-refractivity contribution in [1.29, 1.82) is 0 Å². The van der Waals surface area contributed by atoms with E-state index in [0.717, 1.165) is 0 Å². The zero-order valence-corrected chi connectivity index (χ0v) is 13.5. The number of carboxylic acid groups (broad SMARTS) is 1. The topological polar surface area (TPSA) is 66.4 Å². The van der Waals surface area contributed by atoms with Crippen LogP contribution < -0.4 is 5.32 Å². The van der Waals surface area contributed by atoms with E-state index in [1.54, 1.807) is 18.2 Å². The smallest absolute Gasteiger partial charge is 0.305 e. The molecule has 0 saturated heterocycles. The van der Waals surface area contributed by atoms with E-state index >= 15 is 0 Å². The van der Waals surface area contributed by atoms with Gasteiger partial charge >= 0.3 is 5.97 Å². The lowest BCUT2D eigenvalue weighted by Crippen LogP contribution is -2.39. The molecule has 0 aliphatic carbocycles. The van der Waals surface area contributed by atoms with Gasteiger partial charge in [-0.05, 0) is 39.9 Å². The van der Waals surface area contributed by atoms with Crippen LogP contribution in [0.15, 0.2) is 28.7 Å². The summed E-state index contributed by atoms with van der Waals surface area (Å²) in [6, 6.07) is 6.70. The lowest BCUT2D eigenvalue weighted by molar-refractivity contribution is -0.137. The van der Waals surface area contributed by atoms with Gasteiger partial charge in [0, 0.05) is 10.5 Å². The summed E-state index contributed by atoms with van der Waals surface area (Å²) < 4.78 is 0.697. The molecule has 0 bridgehead atoms. The first kappa shape index (κ1) is 16.7. The van der Waals surface area contributed by atoms with Gasteiger partial charge < -0.3 is 10.4 Å². The highest BCUT2D eigenvalue weighted by molar-refractivity contribution is 9.10. The van der Waals surface area contributed by atoms with Crippen LogP contribution in [0.25, 0.3) is 0 Å². The molecule has 4 nitrogen and oxygen atoms in total. The average Bonchev–Trinajstić information content (AvgIpc) is 2.25. The molecule has 0 aliphatic heterocycles. The van der Waals surface area contributed by atoms with Gasteiger partial charge in [-0.25, -0.2) is 0 Å². The number of hydrogen-bond donors (Lipinski definition) is 2. The van der Waals surface area contributed by atoms with Gasteiger partial charge in [-0.3, -0.25) is 9.59 Å². The quantitative estimate of drug-likeness (QED) is 0.861. The van der Waals surface area contributed by atoms with Crippen molar-refractivity contribution in [1.82, 2.24) is 5.32 Å². The Bertz CT molecular complexity index is 494. The van der Waals surface area contributed by atoms with Crippen molar-refractivity contribution in [2.45, 2.75) is 39.7 Å². The van der Waals surface area contributed by atoms with Gasteiger partial charge in [0.25, 0.3) is 5.91 Å². The van der Waals surface area contributed by atoms with Crippen molar-refractivity contribution < 1.29 is 14.7 Å². The highest BCUT2D eigenvalue weighted by Gasteiger charge is 2.23. The third-order valence-electron chi connectivity index (χ3n) is 2.73. The third-order valence-corrected chi connectivity index (χ3v) is 3.42. The summed E-state index contributed by atoms with van der Waals surface area (Å²) in [5.41, 5.74) is 0.457. The zero-order chi connectivity index (χ0) is 15.3. The molecule has 1 atom stereocenters. The molecule has 2 N–H and O–H groups in total. The molecule has 0 saturated carbocycles. The maximum Gasteiger partial charge on any atom is 0.305 e. The van der Waals surface area contributed by atoms with E-state index < -0.39 is 5.97 Å². The van der Waals surface area contributed by atoms with Gasteiger partial charge in [0.05, 0.1) is 12.0 Å². The van der Waals surface area contributed by atoms with Crippen LogP contribution in [-0.2, 0) is 4.79 Å². The molecule has 1 amide bonds. The van der Waals surface area contributed by atoms with Crippen molar-refractivity contribution in [2.24, 2.45) is 5.41 Å². The van der Waals surface area contributed by atoms with Crippen LogP contribution in [0.5, 0.6) is 0 Å². The normalized spacial score (nSPS) is 12.8. The van der Waals surface area contributed by atoms with Gasteiger partial charge in [0.2, 0.25) is 0 Å². The second-order valence-electron chi connectivity index (χ2n) is 6.01. The first-order chi connectivity index (χ1) is 9.19. The third kappa shape index (κ3) is 5.74. The van der Waals surface area contributed by atoms with Gasteiger partial charge in [-0.15, -0.1) is 0 Å². The van der Waals surface area contributed by atoms with E-state index in [2.05, 4.69) is 21.2 Å². The minimum absolute atomic E-state index is 0.0542. The van der Waals surface area contributed by atoms with Crippen molar-refractivity contribution in [2.75, 3.05) is 0 Å². The molecule has 110 valence electrons. The highest BCUT2D eigenvalue weighted by Crippen LogP contribution is 2.23. The number of carbonyl (C=O) groups is 2.